The van der Waals surface area contributed by atoms with E-state index in [1.54, 1.807) is 0 Å². The monoisotopic (exact) mass is 306 g/mol. The Bertz CT molecular complexity index is 584. The van der Waals surface area contributed by atoms with Crippen LogP contribution in [0, 0.1) is 0 Å². The third-order valence-electron chi connectivity index (χ3n) is 2.83. The first-order chi connectivity index (χ1) is 10.2. The summed E-state index contributed by atoms with van der Waals surface area (Å²) in [6.07, 6.45) is 2.20. The Kier molecular flexibility index (Phi) is 5.68. The molecule has 1 aromatic carbocycles. The zero-order chi connectivity index (χ0) is 15.1. The van der Waals surface area contributed by atoms with Gasteiger partial charge in [-0.3, -0.25) is 0 Å². The van der Waals surface area contributed by atoms with Crippen LogP contribution in [0.5, 0.6) is 5.88 Å². The van der Waals surface area contributed by atoms with E-state index >= 15 is 0 Å². The minimum atomic E-state index is -1.03. The van der Waals surface area contributed by atoms with Crippen LogP contribution in [0.3, 0.4) is 0 Å². The fourth-order valence-electron chi connectivity index (χ4n) is 1.85. The van der Waals surface area contributed by atoms with Gasteiger partial charge in [-0.1, -0.05) is 25.1 Å². The fourth-order valence-corrected chi connectivity index (χ4v) is 2.46. The molecule has 5 nitrogen and oxygen atoms in total. The van der Waals surface area contributed by atoms with Gasteiger partial charge >= 0.3 is 5.97 Å². The summed E-state index contributed by atoms with van der Waals surface area (Å²) in [5.74, 6) is 1.33. The molecule has 0 spiro atoms. The van der Waals surface area contributed by atoms with Crippen LogP contribution < -0.4 is 4.74 Å². The van der Waals surface area contributed by atoms with Gasteiger partial charge in [0.25, 0.3) is 0 Å². The van der Waals surface area contributed by atoms with Gasteiger partial charge in [0, 0.05) is 0 Å². The van der Waals surface area contributed by atoms with Crippen molar-refractivity contribution in [2.45, 2.75) is 13.3 Å². The molecule has 0 unspecified atom stereocenters. The molecule has 1 N–H and O–H groups in total. The van der Waals surface area contributed by atoms with Crippen LogP contribution in [0.2, 0.25) is 0 Å². The lowest BCUT2D eigenvalue weighted by Gasteiger charge is -2.10. The molecule has 0 atom stereocenters. The lowest BCUT2D eigenvalue weighted by atomic mass is 10.3. The summed E-state index contributed by atoms with van der Waals surface area (Å²) in [5, 5.41) is 13.4. The van der Waals surface area contributed by atoms with Crippen LogP contribution in [0.25, 0.3) is 5.69 Å². The first-order valence-electron chi connectivity index (χ1n) is 6.81. The van der Waals surface area contributed by atoms with Gasteiger partial charge in [-0.15, -0.1) is 0 Å². The highest BCUT2D eigenvalue weighted by Crippen LogP contribution is 2.23. The first-order valence-corrected chi connectivity index (χ1v) is 7.96. The van der Waals surface area contributed by atoms with Crippen molar-refractivity contribution in [1.82, 2.24) is 9.78 Å². The number of rotatable bonds is 8. The first kappa shape index (κ1) is 15.4. The molecule has 0 bridgehead atoms. The molecule has 2 aromatic rings. The predicted molar refractivity (Wildman–Crippen MR) is 83.6 cm³/mol. The normalized spacial score (nSPS) is 10.5. The summed E-state index contributed by atoms with van der Waals surface area (Å²) < 4.78 is 7.20. The molecule has 0 saturated carbocycles. The molecule has 0 aliphatic heterocycles. The highest BCUT2D eigenvalue weighted by molar-refractivity contribution is 7.99. The van der Waals surface area contributed by atoms with Crippen molar-refractivity contribution >= 4 is 17.7 Å². The smallest absolute Gasteiger partial charge is 0.342 e. The summed E-state index contributed by atoms with van der Waals surface area (Å²) >= 11 is 1.84. The zero-order valence-electron chi connectivity index (χ0n) is 11.9. The Morgan fingerprint density at radius 2 is 2.14 bits per heavy atom. The Hall–Kier alpha value is -1.95. The number of carbonyl (C=O) groups is 1. The number of aromatic carboxylic acids is 1. The van der Waals surface area contributed by atoms with Crippen LogP contribution in [0.4, 0.5) is 0 Å². The van der Waals surface area contributed by atoms with E-state index in [1.807, 2.05) is 42.1 Å². The third kappa shape index (κ3) is 4.01. The van der Waals surface area contributed by atoms with Crippen LogP contribution in [-0.2, 0) is 0 Å². The quantitative estimate of drug-likeness (QED) is 0.759. The molecule has 0 radical (unpaired) electrons. The Morgan fingerprint density at radius 1 is 1.38 bits per heavy atom. The molecule has 6 heteroatoms. The molecule has 0 saturated heterocycles. The summed E-state index contributed by atoms with van der Waals surface area (Å²) in [6.45, 7) is 2.59. The van der Waals surface area contributed by atoms with E-state index in [1.165, 1.54) is 10.9 Å². The second-order valence-corrected chi connectivity index (χ2v) is 5.71. The van der Waals surface area contributed by atoms with Gasteiger partial charge in [-0.2, -0.15) is 16.9 Å². The number of hydrogen-bond donors (Lipinski definition) is 1. The van der Waals surface area contributed by atoms with E-state index in [9.17, 15) is 9.90 Å². The predicted octanol–water partition coefficient (Wildman–Crippen LogP) is 3.09. The molecule has 0 aliphatic carbocycles. The third-order valence-corrected chi connectivity index (χ3v) is 3.82. The number of ether oxygens (including phenoxy) is 1. The molecule has 21 heavy (non-hydrogen) atoms. The second-order valence-electron chi connectivity index (χ2n) is 4.31. The van der Waals surface area contributed by atoms with Gasteiger partial charge in [0.1, 0.15) is 5.56 Å². The molecule has 2 rings (SSSR count). The number of carboxylic acids is 1. The standard InChI is InChI=1S/C15H18N2O3S/c1-2-21-10-6-9-20-14-13(15(18)19)11-16-17(14)12-7-4-3-5-8-12/h3-5,7-8,11H,2,6,9-10H2,1H3,(H,18,19). The van der Waals surface area contributed by atoms with E-state index in [-0.39, 0.29) is 11.4 Å². The van der Waals surface area contributed by atoms with Crippen molar-refractivity contribution in [1.29, 1.82) is 0 Å². The Morgan fingerprint density at radius 3 is 2.81 bits per heavy atom. The Balaban J connectivity index is 2.16. The number of benzene rings is 1. The van der Waals surface area contributed by atoms with Crippen molar-refractivity contribution < 1.29 is 14.6 Å². The molecule has 0 amide bonds. The maximum Gasteiger partial charge on any atom is 0.342 e. The van der Waals surface area contributed by atoms with Gasteiger partial charge in [0.05, 0.1) is 18.5 Å². The fraction of sp³-hybridized carbons (Fsp3) is 0.333. The SMILES string of the molecule is CCSCCCOc1c(C(=O)O)cnn1-c1ccccc1. The highest BCUT2D eigenvalue weighted by Gasteiger charge is 2.19. The second kappa shape index (κ2) is 7.73. The number of carboxylic acid groups (broad SMARTS) is 1. The van der Waals surface area contributed by atoms with Gasteiger partial charge in [-0.05, 0) is 30.1 Å². The number of hydrogen-bond acceptors (Lipinski definition) is 4. The van der Waals surface area contributed by atoms with Crippen LogP contribution in [-0.4, -0.2) is 39.0 Å². The van der Waals surface area contributed by atoms with Gasteiger partial charge in [0.15, 0.2) is 0 Å². The minimum absolute atomic E-state index is 0.0852. The maximum absolute atomic E-state index is 11.3. The number of para-hydroxylation sites is 1. The van der Waals surface area contributed by atoms with Crippen molar-refractivity contribution in [2.24, 2.45) is 0 Å². The highest BCUT2D eigenvalue weighted by atomic mass is 32.2. The van der Waals surface area contributed by atoms with E-state index in [2.05, 4.69) is 12.0 Å². The number of thioether (sulfide) groups is 1. The lowest BCUT2D eigenvalue weighted by molar-refractivity contribution is 0.0692. The lowest BCUT2D eigenvalue weighted by Crippen LogP contribution is -2.08. The number of aromatic nitrogens is 2. The van der Waals surface area contributed by atoms with Crippen molar-refractivity contribution in [3.05, 3.63) is 42.1 Å². The molecular weight excluding hydrogens is 288 g/mol. The summed E-state index contributed by atoms with van der Waals surface area (Å²) in [7, 11) is 0. The van der Waals surface area contributed by atoms with E-state index in [0.29, 0.717) is 6.61 Å². The zero-order valence-corrected chi connectivity index (χ0v) is 12.7. The topological polar surface area (TPSA) is 64.3 Å². The van der Waals surface area contributed by atoms with E-state index < -0.39 is 5.97 Å². The molecule has 1 aromatic heterocycles. The molecule has 0 fully saturated rings. The average Bonchev–Trinajstić information content (AvgIpc) is 2.92. The molecule has 1 heterocycles. The van der Waals surface area contributed by atoms with E-state index in [4.69, 9.17) is 4.74 Å². The van der Waals surface area contributed by atoms with Crippen LogP contribution in [0.1, 0.15) is 23.7 Å². The van der Waals surface area contributed by atoms with Crippen LogP contribution in [0.15, 0.2) is 36.5 Å². The van der Waals surface area contributed by atoms with Crippen molar-refractivity contribution in [3.8, 4) is 11.6 Å². The summed E-state index contributed by atoms with van der Waals surface area (Å²) in [5.41, 5.74) is 0.866. The molecular formula is C15H18N2O3S. The van der Waals surface area contributed by atoms with Crippen LogP contribution >= 0.6 is 11.8 Å². The summed E-state index contributed by atoms with van der Waals surface area (Å²) in [4.78, 5) is 11.3. The van der Waals surface area contributed by atoms with Gasteiger partial charge in [-0.25, -0.2) is 9.48 Å². The van der Waals surface area contributed by atoms with Crippen molar-refractivity contribution in [3.63, 3.8) is 0 Å². The Labute approximate surface area is 127 Å². The van der Waals surface area contributed by atoms with Crippen molar-refractivity contribution in [2.75, 3.05) is 18.1 Å². The summed E-state index contributed by atoms with van der Waals surface area (Å²) in [6, 6.07) is 9.36. The largest absolute Gasteiger partial charge is 0.477 e. The van der Waals surface area contributed by atoms with Gasteiger partial charge < -0.3 is 9.84 Å². The minimum Gasteiger partial charge on any atom is -0.477 e. The molecule has 112 valence electrons. The maximum atomic E-state index is 11.3. The number of nitrogens with zero attached hydrogens (tertiary/aromatic N) is 2. The van der Waals surface area contributed by atoms with Gasteiger partial charge in [0.2, 0.25) is 5.88 Å². The average molecular weight is 306 g/mol. The van der Waals surface area contributed by atoms with E-state index in [0.717, 1.165) is 23.6 Å². The molecule has 0 aliphatic rings.